The molecule has 4 N–H and O–H groups in total. The van der Waals surface area contributed by atoms with Gasteiger partial charge in [-0.2, -0.15) is 0 Å². The summed E-state index contributed by atoms with van der Waals surface area (Å²) in [5, 5.41) is 15.4. The zero-order valence-electron chi connectivity index (χ0n) is 14.4. The van der Waals surface area contributed by atoms with E-state index in [0.29, 0.717) is 21.7 Å². The molecule has 0 aliphatic carbocycles. The largest absolute Gasteiger partial charge is 0.489 e. The Morgan fingerprint density at radius 2 is 2.12 bits per heavy atom. The molecule has 9 heteroatoms. The van der Waals surface area contributed by atoms with Gasteiger partial charge in [-0.3, -0.25) is 0 Å². The van der Waals surface area contributed by atoms with Gasteiger partial charge in [0, 0.05) is 5.38 Å². The summed E-state index contributed by atoms with van der Waals surface area (Å²) in [6, 6.07) is 4.70. The molecule has 0 unspecified atom stereocenters. The average molecular weight is 390 g/mol. The number of nitrogen functional groups attached to an aromatic ring is 1. The fraction of sp³-hybridized carbons (Fsp3) is 0.235. The maximum absolute atomic E-state index is 11.3. The Kier molecular flexibility index (Phi) is 5.10. The Morgan fingerprint density at radius 3 is 2.73 bits per heavy atom. The molecule has 0 saturated heterocycles. The Morgan fingerprint density at radius 1 is 1.35 bits per heavy atom. The minimum absolute atomic E-state index is 0.0408. The molecule has 2 heterocycles. The average Bonchev–Trinajstić information content (AvgIpc) is 3.14. The summed E-state index contributed by atoms with van der Waals surface area (Å²) >= 11 is 2.80. The van der Waals surface area contributed by atoms with Gasteiger partial charge in [0.1, 0.15) is 5.75 Å². The van der Waals surface area contributed by atoms with Gasteiger partial charge in [0.2, 0.25) is 0 Å². The lowest BCUT2D eigenvalue weighted by Crippen LogP contribution is -2.08. The van der Waals surface area contributed by atoms with Gasteiger partial charge in [0.05, 0.1) is 33.6 Å². The van der Waals surface area contributed by atoms with E-state index in [0.717, 1.165) is 16.3 Å². The van der Waals surface area contributed by atoms with Gasteiger partial charge in [-0.15, -0.1) is 11.3 Å². The number of anilines is 3. The number of carbonyl (C=O) groups is 1. The minimum atomic E-state index is -1.00. The van der Waals surface area contributed by atoms with Crippen LogP contribution in [0.3, 0.4) is 0 Å². The number of nitrogens with one attached hydrogen (secondary N) is 1. The quantitative estimate of drug-likeness (QED) is 0.572. The Labute approximate surface area is 158 Å². The number of ether oxygens (including phenoxy) is 1. The zero-order valence-corrected chi connectivity index (χ0v) is 16.1. The van der Waals surface area contributed by atoms with Crippen LogP contribution in [0.1, 0.15) is 29.9 Å². The highest BCUT2D eigenvalue weighted by atomic mass is 32.1. The van der Waals surface area contributed by atoms with Crippen molar-refractivity contribution < 1.29 is 14.6 Å². The molecule has 26 heavy (non-hydrogen) atoms. The molecule has 0 aliphatic rings. The number of rotatable bonds is 6. The molecule has 0 radical (unpaired) electrons. The number of carboxylic acid groups (broad SMARTS) is 1. The molecule has 3 rings (SSSR count). The van der Waals surface area contributed by atoms with Crippen molar-refractivity contribution in [3.63, 3.8) is 0 Å². The fourth-order valence-corrected chi connectivity index (χ4v) is 3.91. The summed E-state index contributed by atoms with van der Waals surface area (Å²) in [6.07, 6.45) is -0.0408. The summed E-state index contributed by atoms with van der Waals surface area (Å²) < 4.78 is 5.76. The predicted octanol–water partition coefficient (Wildman–Crippen LogP) is 4.39. The van der Waals surface area contributed by atoms with E-state index in [1.807, 2.05) is 26.2 Å². The van der Waals surface area contributed by atoms with Crippen LogP contribution in [0, 0.1) is 6.92 Å². The summed E-state index contributed by atoms with van der Waals surface area (Å²) in [4.78, 5) is 21.0. The highest BCUT2D eigenvalue weighted by Crippen LogP contribution is 2.36. The Bertz CT molecular complexity index is 949. The SMILES string of the molecule is Cc1nc(N)sc1-c1csc(Nc2cc(C(=O)O)ccc2OC(C)C)n1. The standard InChI is InChI=1S/C17H18N4O3S2/c1-8(2)24-13-5-4-10(15(22)23)6-11(13)20-17-21-12(7-25-17)14-9(3)19-16(18)26-14/h4-8H,1-3H3,(H2,18,19)(H,20,21)(H,22,23). The van der Waals surface area contributed by atoms with E-state index < -0.39 is 5.97 Å². The number of nitrogens with zero attached hydrogens (tertiary/aromatic N) is 2. The smallest absolute Gasteiger partial charge is 0.335 e. The first-order valence-corrected chi connectivity index (χ1v) is 9.53. The molecule has 0 saturated carbocycles. The lowest BCUT2D eigenvalue weighted by Gasteiger charge is -2.15. The van der Waals surface area contributed by atoms with Gasteiger partial charge in [-0.25, -0.2) is 14.8 Å². The number of aromatic nitrogens is 2. The first-order valence-electron chi connectivity index (χ1n) is 7.83. The monoisotopic (exact) mass is 390 g/mol. The van der Waals surface area contributed by atoms with Crippen LogP contribution in [0.15, 0.2) is 23.6 Å². The van der Waals surface area contributed by atoms with E-state index in [1.54, 1.807) is 6.07 Å². The van der Waals surface area contributed by atoms with Crippen LogP contribution in [0.25, 0.3) is 10.6 Å². The number of aryl methyl sites for hydroxylation is 1. The Hall–Kier alpha value is -2.65. The second-order valence-electron chi connectivity index (χ2n) is 5.81. The summed E-state index contributed by atoms with van der Waals surface area (Å²) in [5.41, 5.74) is 8.10. The predicted molar refractivity (Wildman–Crippen MR) is 105 cm³/mol. The third-order valence-corrected chi connectivity index (χ3v) is 5.15. The maximum Gasteiger partial charge on any atom is 0.335 e. The van der Waals surface area contributed by atoms with Crippen molar-refractivity contribution in [3.8, 4) is 16.3 Å². The van der Waals surface area contributed by atoms with Crippen LogP contribution in [0.4, 0.5) is 16.0 Å². The van der Waals surface area contributed by atoms with Crippen molar-refractivity contribution in [2.24, 2.45) is 0 Å². The summed E-state index contributed by atoms with van der Waals surface area (Å²) in [6.45, 7) is 5.71. The third kappa shape index (κ3) is 3.94. The molecule has 136 valence electrons. The van der Waals surface area contributed by atoms with Gasteiger partial charge in [-0.05, 0) is 39.0 Å². The number of nitrogens with two attached hydrogens (primary N) is 1. The molecular weight excluding hydrogens is 372 g/mol. The second kappa shape index (κ2) is 7.30. The molecule has 0 atom stereocenters. The van der Waals surface area contributed by atoms with Crippen LogP contribution >= 0.6 is 22.7 Å². The lowest BCUT2D eigenvalue weighted by molar-refractivity contribution is 0.0697. The number of thiazole rings is 2. The van der Waals surface area contributed by atoms with Gasteiger partial charge < -0.3 is 20.9 Å². The molecule has 0 bridgehead atoms. The zero-order chi connectivity index (χ0) is 18.8. The molecule has 0 spiro atoms. The summed E-state index contributed by atoms with van der Waals surface area (Å²) in [7, 11) is 0. The molecular formula is C17H18N4O3S2. The van der Waals surface area contributed by atoms with Crippen molar-refractivity contribution in [2.75, 3.05) is 11.1 Å². The van der Waals surface area contributed by atoms with Crippen LogP contribution in [-0.4, -0.2) is 27.1 Å². The first-order chi connectivity index (χ1) is 12.3. The van der Waals surface area contributed by atoms with Crippen LogP contribution in [-0.2, 0) is 0 Å². The molecule has 1 aromatic carbocycles. The molecule has 7 nitrogen and oxygen atoms in total. The fourth-order valence-electron chi connectivity index (χ4n) is 2.32. The molecule has 0 fully saturated rings. The minimum Gasteiger partial charge on any atom is -0.489 e. The number of hydrogen-bond donors (Lipinski definition) is 3. The van der Waals surface area contributed by atoms with Crippen molar-refractivity contribution in [1.29, 1.82) is 0 Å². The van der Waals surface area contributed by atoms with Gasteiger partial charge in [0.15, 0.2) is 10.3 Å². The molecule has 0 amide bonds. The number of aromatic carboxylic acids is 1. The molecule has 2 aromatic heterocycles. The van der Waals surface area contributed by atoms with Crippen LogP contribution in [0.5, 0.6) is 5.75 Å². The first kappa shape index (κ1) is 18.2. The Balaban J connectivity index is 1.91. The second-order valence-corrected chi connectivity index (χ2v) is 7.70. The van der Waals surface area contributed by atoms with Crippen molar-refractivity contribution >= 4 is 44.6 Å². The van der Waals surface area contributed by atoms with E-state index in [9.17, 15) is 9.90 Å². The van der Waals surface area contributed by atoms with Gasteiger partial charge >= 0.3 is 5.97 Å². The molecule has 3 aromatic rings. The van der Waals surface area contributed by atoms with Crippen LogP contribution in [0.2, 0.25) is 0 Å². The third-order valence-electron chi connectivity index (χ3n) is 3.38. The number of carboxylic acids is 1. The summed E-state index contributed by atoms with van der Waals surface area (Å²) in [5.74, 6) is -0.431. The van der Waals surface area contributed by atoms with Crippen molar-refractivity contribution in [1.82, 2.24) is 9.97 Å². The number of hydrogen-bond acceptors (Lipinski definition) is 8. The van der Waals surface area contributed by atoms with E-state index in [2.05, 4.69) is 15.3 Å². The normalized spacial score (nSPS) is 10.9. The van der Waals surface area contributed by atoms with Crippen molar-refractivity contribution in [2.45, 2.75) is 26.9 Å². The van der Waals surface area contributed by atoms with Gasteiger partial charge in [0.25, 0.3) is 0 Å². The van der Waals surface area contributed by atoms with E-state index in [4.69, 9.17) is 10.5 Å². The van der Waals surface area contributed by atoms with Crippen LogP contribution < -0.4 is 15.8 Å². The lowest BCUT2D eigenvalue weighted by atomic mass is 10.2. The molecule has 0 aliphatic heterocycles. The maximum atomic E-state index is 11.3. The number of benzene rings is 1. The van der Waals surface area contributed by atoms with E-state index in [-0.39, 0.29) is 11.7 Å². The van der Waals surface area contributed by atoms with E-state index in [1.165, 1.54) is 34.8 Å². The van der Waals surface area contributed by atoms with E-state index >= 15 is 0 Å². The topological polar surface area (TPSA) is 110 Å². The van der Waals surface area contributed by atoms with Gasteiger partial charge in [-0.1, -0.05) is 11.3 Å². The highest BCUT2D eigenvalue weighted by molar-refractivity contribution is 7.19. The highest BCUT2D eigenvalue weighted by Gasteiger charge is 2.15. The van der Waals surface area contributed by atoms with Crippen molar-refractivity contribution in [3.05, 3.63) is 34.8 Å².